The fourth-order valence-corrected chi connectivity index (χ4v) is 1.38. The minimum Gasteiger partial charge on any atom is -0.448 e. The molecule has 1 aromatic heterocycles. The zero-order valence-electron chi connectivity index (χ0n) is 7.25. The van der Waals surface area contributed by atoms with Gasteiger partial charge in [0.25, 0.3) is 0 Å². The predicted molar refractivity (Wildman–Crippen MR) is 55.2 cm³/mol. The summed E-state index contributed by atoms with van der Waals surface area (Å²) in [6.07, 6.45) is 0. The third kappa shape index (κ3) is 1.74. The highest BCUT2D eigenvalue weighted by Gasteiger charge is 2.01. The standard InChI is InChI=1S/C11H7ClO2/c12-9-3-4-11-8(6-9)7-10(14-11)2-1-5-13/h3-4,6-7,13H,5H2. The second-order valence-electron chi connectivity index (χ2n) is 2.75. The van der Waals surface area contributed by atoms with Crippen molar-refractivity contribution in [1.29, 1.82) is 0 Å². The molecule has 1 heterocycles. The van der Waals surface area contributed by atoms with E-state index in [1.165, 1.54) is 0 Å². The van der Waals surface area contributed by atoms with Gasteiger partial charge in [-0.25, -0.2) is 0 Å². The fraction of sp³-hybridized carbons (Fsp3) is 0.0909. The molecule has 2 nitrogen and oxygen atoms in total. The Kier molecular flexibility index (Phi) is 2.45. The molecule has 0 aliphatic carbocycles. The highest BCUT2D eigenvalue weighted by Crippen LogP contribution is 2.22. The van der Waals surface area contributed by atoms with Crippen LogP contribution >= 0.6 is 11.6 Å². The summed E-state index contributed by atoms with van der Waals surface area (Å²) < 4.78 is 5.38. The lowest BCUT2D eigenvalue weighted by atomic mass is 10.2. The van der Waals surface area contributed by atoms with Crippen LogP contribution in [-0.4, -0.2) is 11.7 Å². The number of aliphatic hydroxyl groups excluding tert-OH is 1. The van der Waals surface area contributed by atoms with Gasteiger partial charge in [0, 0.05) is 16.5 Å². The number of rotatable bonds is 0. The minimum atomic E-state index is -0.169. The first-order valence-electron chi connectivity index (χ1n) is 4.08. The van der Waals surface area contributed by atoms with Crippen LogP contribution in [-0.2, 0) is 0 Å². The molecule has 14 heavy (non-hydrogen) atoms. The van der Waals surface area contributed by atoms with Gasteiger partial charge in [0.15, 0.2) is 5.76 Å². The molecule has 0 unspecified atom stereocenters. The summed E-state index contributed by atoms with van der Waals surface area (Å²) >= 11 is 5.81. The lowest BCUT2D eigenvalue weighted by Gasteiger charge is -1.87. The number of hydrogen-bond acceptors (Lipinski definition) is 2. The monoisotopic (exact) mass is 206 g/mol. The van der Waals surface area contributed by atoms with Crippen molar-refractivity contribution in [3.8, 4) is 11.8 Å². The van der Waals surface area contributed by atoms with E-state index in [9.17, 15) is 0 Å². The summed E-state index contributed by atoms with van der Waals surface area (Å²) in [4.78, 5) is 0. The normalized spacial score (nSPS) is 9.86. The van der Waals surface area contributed by atoms with E-state index >= 15 is 0 Å². The van der Waals surface area contributed by atoms with E-state index in [-0.39, 0.29) is 6.61 Å². The van der Waals surface area contributed by atoms with Crippen LogP contribution in [0.1, 0.15) is 5.76 Å². The molecule has 0 fully saturated rings. The van der Waals surface area contributed by atoms with Crippen LogP contribution in [0.4, 0.5) is 0 Å². The Morgan fingerprint density at radius 3 is 3.00 bits per heavy atom. The summed E-state index contributed by atoms with van der Waals surface area (Å²) in [6, 6.07) is 7.16. The number of fused-ring (bicyclic) bond motifs is 1. The van der Waals surface area contributed by atoms with Gasteiger partial charge in [0.1, 0.15) is 12.2 Å². The molecule has 3 heteroatoms. The molecule has 0 saturated heterocycles. The van der Waals surface area contributed by atoms with Gasteiger partial charge < -0.3 is 9.52 Å². The number of halogens is 1. The van der Waals surface area contributed by atoms with Crippen molar-refractivity contribution in [3.05, 3.63) is 35.0 Å². The van der Waals surface area contributed by atoms with Crippen LogP contribution in [0.5, 0.6) is 0 Å². The molecule has 70 valence electrons. The number of furan rings is 1. The lowest BCUT2D eigenvalue weighted by Crippen LogP contribution is -1.71. The Morgan fingerprint density at radius 1 is 1.36 bits per heavy atom. The summed E-state index contributed by atoms with van der Waals surface area (Å²) in [6.45, 7) is -0.169. The Bertz CT molecular complexity index is 517. The Hall–Kier alpha value is -1.43. The largest absolute Gasteiger partial charge is 0.448 e. The quantitative estimate of drug-likeness (QED) is 0.672. The number of hydrogen-bond donors (Lipinski definition) is 1. The van der Waals surface area contributed by atoms with Gasteiger partial charge in [-0.2, -0.15) is 0 Å². The van der Waals surface area contributed by atoms with Crippen LogP contribution in [0.15, 0.2) is 28.7 Å². The lowest BCUT2D eigenvalue weighted by molar-refractivity contribution is 0.350. The van der Waals surface area contributed by atoms with Crippen molar-refractivity contribution in [2.45, 2.75) is 0 Å². The Balaban J connectivity index is 2.51. The average Bonchev–Trinajstić information content (AvgIpc) is 2.56. The van der Waals surface area contributed by atoms with Gasteiger partial charge >= 0.3 is 0 Å². The summed E-state index contributed by atoms with van der Waals surface area (Å²) in [5.74, 6) is 5.75. The number of benzene rings is 1. The minimum absolute atomic E-state index is 0.169. The molecule has 0 radical (unpaired) electrons. The number of aliphatic hydroxyl groups is 1. The van der Waals surface area contributed by atoms with Crippen LogP contribution in [0.25, 0.3) is 11.0 Å². The maximum atomic E-state index is 8.51. The molecule has 1 N–H and O–H groups in total. The van der Waals surface area contributed by atoms with E-state index in [0.717, 1.165) is 11.0 Å². The van der Waals surface area contributed by atoms with Crippen molar-refractivity contribution < 1.29 is 9.52 Å². The van der Waals surface area contributed by atoms with Crippen LogP contribution in [0, 0.1) is 11.8 Å². The third-order valence-electron chi connectivity index (χ3n) is 1.77. The Morgan fingerprint density at radius 2 is 2.21 bits per heavy atom. The first-order chi connectivity index (χ1) is 6.79. The molecule has 2 aromatic rings. The molecule has 0 aliphatic rings. The van der Waals surface area contributed by atoms with E-state index in [1.807, 2.05) is 6.07 Å². The van der Waals surface area contributed by atoms with Gasteiger partial charge in [-0.15, -0.1) is 0 Å². The maximum Gasteiger partial charge on any atom is 0.178 e. The highest BCUT2D eigenvalue weighted by molar-refractivity contribution is 6.31. The first kappa shape index (κ1) is 9.14. The SMILES string of the molecule is OCC#Cc1cc2cc(Cl)ccc2o1. The van der Waals surface area contributed by atoms with Gasteiger partial charge in [-0.3, -0.25) is 0 Å². The van der Waals surface area contributed by atoms with E-state index in [0.29, 0.717) is 10.8 Å². The van der Waals surface area contributed by atoms with Crippen LogP contribution in [0.3, 0.4) is 0 Å². The van der Waals surface area contributed by atoms with Crippen molar-refractivity contribution in [1.82, 2.24) is 0 Å². The van der Waals surface area contributed by atoms with Crippen LogP contribution < -0.4 is 0 Å². The zero-order chi connectivity index (χ0) is 9.97. The predicted octanol–water partition coefficient (Wildman–Crippen LogP) is 2.43. The molecular formula is C11H7ClO2. The maximum absolute atomic E-state index is 8.51. The van der Waals surface area contributed by atoms with E-state index in [2.05, 4.69) is 11.8 Å². The molecule has 0 atom stereocenters. The van der Waals surface area contributed by atoms with Gasteiger partial charge in [0.05, 0.1) is 0 Å². The molecule has 0 spiro atoms. The molecule has 0 bridgehead atoms. The summed E-state index contributed by atoms with van der Waals surface area (Å²) in [5, 5.41) is 10.1. The molecule has 2 rings (SSSR count). The zero-order valence-corrected chi connectivity index (χ0v) is 8.01. The average molecular weight is 207 g/mol. The van der Waals surface area contributed by atoms with Gasteiger partial charge in [-0.1, -0.05) is 17.5 Å². The topological polar surface area (TPSA) is 33.4 Å². The Labute approximate surface area is 86.1 Å². The summed E-state index contributed by atoms with van der Waals surface area (Å²) in [7, 11) is 0. The second-order valence-corrected chi connectivity index (χ2v) is 3.19. The molecular weight excluding hydrogens is 200 g/mol. The smallest absolute Gasteiger partial charge is 0.178 e. The van der Waals surface area contributed by atoms with Crippen molar-refractivity contribution >= 4 is 22.6 Å². The van der Waals surface area contributed by atoms with E-state index in [1.54, 1.807) is 18.2 Å². The molecule has 0 amide bonds. The summed E-state index contributed by atoms with van der Waals surface area (Å²) in [5.41, 5.74) is 0.747. The van der Waals surface area contributed by atoms with Crippen molar-refractivity contribution in [3.63, 3.8) is 0 Å². The van der Waals surface area contributed by atoms with Gasteiger partial charge in [0.2, 0.25) is 0 Å². The molecule has 0 saturated carbocycles. The highest BCUT2D eigenvalue weighted by atomic mass is 35.5. The van der Waals surface area contributed by atoms with E-state index < -0.39 is 0 Å². The second kappa shape index (κ2) is 3.75. The molecule has 1 aromatic carbocycles. The third-order valence-corrected chi connectivity index (χ3v) is 2.00. The molecule has 0 aliphatic heterocycles. The fourth-order valence-electron chi connectivity index (χ4n) is 1.20. The van der Waals surface area contributed by atoms with Crippen LogP contribution in [0.2, 0.25) is 5.02 Å². The van der Waals surface area contributed by atoms with E-state index in [4.69, 9.17) is 21.1 Å². The first-order valence-corrected chi connectivity index (χ1v) is 4.46. The van der Waals surface area contributed by atoms with Gasteiger partial charge in [-0.05, 0) is 24.1 Å². The van der Waals surface area contributed by atoms with Crippen molar-refractivity contribution in [2.24, 2.45) is 0 Å². The van der Waals surface area contributed by atoms with Crippen molar-refractivity contribution in [2.75, 3.05) is 6.61 Å².